The van der Waals surface area contributed by atoms with Crippen LogP contribution in [0.15, 0.2) is 53.7 Å². The minimum Gasteiger partial charge on any atom is -0.392 e. The summed E-state index contributed by atoms with van der Waals surface area (Å²) in [5.74, 6) is 0.189. The number of aromatic nitrogens is 3. The number of hydrogen-bond donors (Lipinski definition) is 2. The molecule has 2 aromatic carbocycles. The van der Waals surface area contributed by atoms with Crippen LogP contribution in [0.1, 0.15) is 30.9 Å². The Morgan fingerprint density at radius 3 is 2.63 bits per heavy atom. The Morgan fingerprint density at radius 2 is 1.93 bits per heavy atom. The molecule has 0 bridgehead atoms. The van der Waals surface area contributed by atoms with Crippen LogP contribution >= 0.6 is 0 Å². The number of nitrogens with zero attached hydrogens (tertiary/aromatic N) is 4. The van der Waals surface area contributed by atoms with Gasteiger partial charge in [0.15, 0.2) is 0 Å². The maximum atomic E-state index is 12.9. The van der Waals surface area contributed by atoms with E-state index in [0.717, 1.165) is 11.1 Å². The number of non-ortho nitro benzene ring substituents is 1. The first-order valence-corrected chi connectivity index (χ1v) is 10.7. The van der Waals surface area contributed by atoms with E-state index in [1.54, 1.807) is 6.07 Å². The summed E-state index contributed by atoms with van der Waals surface area (Å²) in [4.78, 5) is 10.5. The quantitative estimate of drug-likeness (QED) is 0.415. The fraction of sp³-hybridized carbons (Fsp3) is 0.300. The molecule has 0 radical (unpaired) electrons. The minimum absolute atomic E-state index is 0.0317. The number of anilines is 1. The average molecular weight is 430 g/mol. The van der Waals surface area contributed by atoms with E-state index < -0.39 is 21.8 Å². The first-order valence-electron chi connectivity index (χ1n) is 9.38. The lowest BCUT2D eigenvalue weighted by atomic mass is 9.94. The van der Waals surface area contributed by atoms with Gasteiger partial charge in [0, 0.05) is 12.1 Å². The Labute approximate surface area is 176 Å². The van der Waals surface area contributed by atoms with E-state index in [2.05, 4.69) is 24.0 Å². The number of nitrogens with two attached hydrogens (primary N) is 1. The van der Waals surface area contributed by atoms with Gasteiger partial charge in [0.1, 0.15) is 0 Å². The Balaban J connectivity index is 1.82. The number of aliphatic hydroxyl groups excluding tert-OH is 1. The van der Waals surface area contributed by atoms with Gasteiger partial charge in [0.2, 0.25) is 11.1 Å². The van der Waals surface area contributed by atoms with Crippen LogP contribution in [-0.2, 0) is 17.2 Å². The zero-order valence-corrected chi connectivity index (χ0v) is 17.5. The number of nitro benzene ring substituents is 1. The highest BCUT2D eigenvalue weighted by Gasteiger charge is 2.22. The molecule has 2 atom stereocenters. The smallest absolute Gasteiger partial charge is 0.271 e. The molecule has 9 nitrogen and oxygen atoms in total. The number of nitro groups is 1. The van der Waals surface area contributed by atoms with E-state index in [1.165, 1.54) is 22.8 Å². The van der Waals surface area contributed by atoms with Crippen LogP contribution in [-0.4, -0.2) is 40.9 Å². The third-order valence-electron chi connectivity index (χ3n) is 4.64. The van der Waals surface area contributed by atoms with Crippen LogP contribution in [0.4, 0.5) is 11.6 Å². The van der Waals surface area contributed by atoms with E-state index in [9.17, 15) is 19.4 Å². The molecule has 158 valence electrons. The van der Waals surface area contributed by atoms with Crippen molar-refractivity contribution in [3.8, 4) is 5.69 Å². The molecular formula is C20H23N5O4S. The summed E-state index contributed by atoms with van der Waals surface area (Å²) in [6.45, 7) is 4.15. The van der Waals surface area contributed by atoms with Crippen molar-refractivity contribution in [2.24, 2.45) is 0 Å². The lowest BCUT2D eigenvalue weighted by Gasteiger charge is -2.16. The zero-order valence-electron chi connectivity index (χ0n) is 16.6. The Bertz CT molecular complexity index is 1080. The third kappa shape index (κ3) is 4.71. The van der Waals surface area contributed by atoms with Gasteiger partial charge < -0.3 is 10.8 Å². The average Bonchev–Trinajstić information content (AvgIpc) is 3.09. The molecule has 3 N–H and O–H groups in total. The second-order valence-corrected chi connectivity index (χ2v) is 8.57. The molecule has 0 fully saturated rings. The SMILES string of the molecule is CC(C)c1ccccc1C[C@H](O)CS(=O)c1nnc(N)n1-c1cccc([N+](=O)[O-])c1. The van der Waals surface area contributed by atoms with Gasteiger partial charge in [-0.25, -0.2) is 0 Å². The molecule has 30 heavy (non-hydrogen) atoms. The fourth-order valence-electron chi connectivity index (χ4n) is 3.26. The Kier molecular flexibility index (Phi) is 6.58. The number of rotatable bonds is 8. The molecule has 0 saturated carbocycles. The lowest BCUT2D eigenvalue weighted by molar-refractivity contribution is -0.384. The van der Waals surface area contributed by atoms with Crippen molar-refractivity contribution < 1.29 is 14.2 Å². The first kappa shape index (κ1) is 21.6. The highest BCUT2D eigenvalue weighted by atomic mass is 32.2. The highest BCUT2D eigenvalue weighted by Crippen LogP contribution is 2.23. The van der Waals surface area contributed by atoms with Gasteiger partial charge in [0.05, 0.1) is 33.3 Å². The topological polar surface area (TPSA) is 137 Å². The molecule has 0 aliphatic heterocycles. The van der Waals surface area contributed by atoms with Gasteiger partial charge in [-0.15, -0.1) is 10.2 Å². The lowest BCUT2D eigenvalue weighted by Crippen LogP contribution is -2.22. The Morgan fingerprint density at radius 1 is 1.20 bits per heavy atom. The summed E-state index contributed by atoms with van der Waals surface area (Å²) in [6.07, 6.45) is -0.525. The van der Waals surface area contributed by atoms with E-state index in [-0.39, 0.29) is 22.5 Å². The van der Waals surface area contributed by atoms with Crippen LogP contribution in [0, 0.1) is 10.1 Å². The third-order valence-corrected chi connectivity index (χ3v) is 6.00. The summed E-state index contributed by atoms with van der Waals surface area (Å²) >= 11 is 0. The molecule has 0 amide bonds. The van der Waals surface area contributed by atoms with Gasteiger partial charge in [-0.1, -0.05) is 44.2 Å². The minimum atomic E-state index is -1.72. The molecule has 1 unspecified atom stereocenters. The summed E-state index contributed by atoms with van der Waals surface area (Å²) in [5, 5.41) is 29.3. The summed E-state index contributed by atoms with van der Waals surface area (Å²) in [6, 6.07) is 13.6. The number of hydrogen-bond acceptors (Lipinski definition) is 7. The molecule has 0 aliphatic rings. The standard InChI is InChI=1S/C20H23N5O4S/c1-13(2)18-9-4-3-6-14(18)10-17(26)12-30(29)20-23-22-19(21)24(20)15-7-5-8-16(11-15)25(27)28/h3-9,11,13,17,26H,10,12H2,1-2H3,(H2,21,22)/t17-,30?/m0/s1. The molecule has 3 aromatic rings. The van der Waals surface area contributed by atoms with Crippen molar-refractivity contribution in [1.82, 2.24) is 14.8 Å². The first-order chi connectivity index (χ1) is 14.3. The van der Waals surface area contributed by atoms with Gasteiger partial charge in [-0.05, 0) is 29.5 Å². The molecule has 0 aliphatic carbocycles. The van der Waals surface area contributed by atoms with Gasteiger partial charge in [-0.3, -0.25) is 18.9 Å². The van der Waals surface area contributed by atoms with Crippen molar-refractivity contribution >= 4 is 22.4 Å². The monoisotopic (exact) mass is 429 g/mol. The van der Waals surface area contributed by atoms with Crippen LogP contribution < -0.4 is 5.73 Å². The number of nitrogen functional groups attached to an aromatic ring is 1. The van der Waals surface area contributed by atoms with Crippen LogP contribution in [0.2, 0.25) is 0 Å². The molecule has 0 saturated heterocycles. The van der Waals surface area contributed by atoms with Gasteiger partial charge in [0.25, 0.3) is 5.69 Å². The predicted octanol–water partition coefficient (Wildman–Crippen LogP) is 2.59. The number of benzene rings is 2. The molecule has 1 heterocycles. The van der Waals surface area contributed by atoms with Crippen molar-refractivity contribution in [3.05, 3.63) is 69.8 Å². The summed E-state index contributed by atoms with van der Waals surface area (Å²) in [5.41, 5.74) is 8.19. The Hall–Kier alpha value is -3.11. The van der Waals surface area contributed by atoms with Crippen molar-refractivity contribution in [2.45, 2.75) is 37.4 Å². The van der Waals surface area contributed by atoms with Gasteiger partial charge in [-0.2, -0.15) is 0 Å². The molecule has 3 rings (SSSR count). The fourth-order valence-corrected chi connectivity index (χ4v) is 4.41. The molecule has 0 spiro atoms. The second kappa shape index (κ2) is 9.14. The maximum absolute atomic E-state index is 12.9. The highest BCUT2D eigenvalue weighted by molar-refractivity contribution is 7.84. The largest absolute Gasteiger partial charge is 0.392 e. The summed E-state index contributed by atoms with van der Waals surface area (Å²) < 4.78 is 14.2. The zero-order chi connectivity index (χ0) is 21.8. The predicted molar refractivity (Wildman–Crippen MR) is 114 cm³/mol. The van der Waals surface area contributed by atoms with E-state index in [4.69, 9.17) is 5.73 Å². The van der Waals surface area contributed by atoms with Crippen molar-refractivity contribution in [2.75, 3.05) is 11.5 Å². The van der Waals surface area contributed by atoms with Gasteiger partial charge >= 0.3 is 0 Å². The second-order valence-electron chi connectivity index (χ2n) is 7.18. The molecule has 1 aromatic heterocycles. The molecular weight excluding hydrogens is 406 g/mol. The van der Waals surface area contributed by atoms with Crippen molar-refractivity contribution in [3.63, 3.8) is 0 Å². The maximum Gasteiger partial charge on any atom is 0.271 e. The van der Waals surface area contributed by atoms with E-state index in [1.807, 2.05) is 24.3 Å². The van der Waals surface area contributed by atoms with Crippen LogP contribution in [0.3, 0.4) is 0 Å². The van der Waals surface area contributed by atoms with E-state index >= 15 is 0 Å². The summed E-state index contributed by atoms with van der Waals surface area (Å²) in [7, 11) is -1.72. The molecule has 10 heteroatoms. The number of aliphatic hydroxyl groups is 1. The van der Waals surface area contributed by atoms with Crippen molar-refractivity contribution in [1.29, 1.82) is 0 Å². The van der Waals surface area contributed by atoms with Crippen LogP contribution in [0.5, 0.6) is 0 Å². The van der Waals surface area contributed by atoms with Crippen LogP contribution in [0.25, 0.3) is 5.69 Å². The van der Waals surface area contributed by atoms with E-state index in [0.29, 0.717) is 18.0 Å². The normalized spacial score (nSPS) is 13.3.